The molecule has 4 rings (SSSR count). The van der Waals surface area contributed by atoms with Gasteiger partial charge in [-0.05, 0) is 54.2 Å². The van der Waals surface area contributed by atoms with Gasteiger partial charge in [-0.25, -0.2) is 4.98 Å². The summed E-state index contributed by atoms with van der Waals surface area (Å²) in [7, 11) is 0. The molecule has 36 heavy (non-hydrogen) atoms. The van der Waals surface area contributed by atoms with E-state index >= 15 is 0 Å². The SMILES string of the molecule is Cc1cc(-n2ncc(C#N)c2NC(=O)CNC(=O)c2ccc(C(C)(C)C)cc2)nc2c(C)cccc12. The Kier molecular flexibility index (Phi) is 6.58. The highest BCUT2D eigenvalue weighted by Crippen LogP contribution is 2.25. The van der Waals surface area contributed by atoms with Crippen LogP contribution in [0.25, 0.3) is 16.7 Å². The van der Waals surface area contributed by atoms with E-state index in [2.05, 4.69) is 36.5 Å². The molecular formula is C28H28N6O2. The third-order valence-electron chi connectivity index (χ3n) is 6.02. The maximum absolute atomic E-state index is 12.7. The number of carbonyl (C=O) groups is 2. The predicted octanol–water partition coefficient (Wildman–Crippen LogP) is 4.58. The Morgan fingerprint density at radius 1 is 1.06 bits per heavy atom. The summed E-state index contributed by atoms with van der Waals surface area (Å²) in [6, 6.07) is 17.2. The lowest BCUT2D eigenvalue weighted by Crippen LogP contribution is -2.33. The number of para-hydroxylation sites is 1. The average molecular weight is 481 g/mol. The van der Waals surface area contributed by atoms with Crippen LogP contribution in [0.1, 0.15) is 53.4 Å². The van der Waals surface area contributed by atoms with Gasteiger partial charge in [0.2, 0.25) is 5.91 Å². The fourth-order valence-electron chi connectivity index (χ4n) is 3.94. The molecule has 2 N–H and O–H groups in total. The van der Waals surface area contributed by atoms with Crippen molar-refractivity contribution < 1.29 is 9.59 Å². The highest BCUT2D eigenvalue weighted by molar-refractivity contribution is 5.99. The number of fused-ring (bicyclic) bond motifs is 1. The molecule has 0 fully saturated rings. The minimum Gasteiger partial charge on any atom is -0.343 e. The highest BCUT2D eigenvalue weighted by atomic mass is 16.2. The monoisotopic (exact) mass is 480 g/mol. The van der Waals surface area contributed by atoms with Gasteiger partial charge in [0.05, 0.1) is 18.3 Å². The first-order valence-electron chi connectivity index (χ1n) is 11.6. The molecule has 8 heteroatoms. The molecule has 0 aliphatic carbocycles. The average Bonchev–Trinajstić information content (AvgIpc) is 3.25. The Balaban J connectivity index is 1.52. The second-order valence-corrected chi connectivity index (χ2v) is 9.76. The van der Waals surface area contributed by atoms with Crippen molar-refractivity contribution in [1.82, 2.24) is 20.1 Å². The van der Waals surface area contributed by atoms with Crippen molar-refractivity contribution in [3.05, 3.63) is 82.5 Å². The van der Waals surface area contributed by atoms with Crippen molar-refractivity contribution in [1.29, 1.82) is 5.26 Å². The maximum Gasteiger partial charge on any atom is 0.251 e. The van der Waals surface area contributed by atoms with Gasteiger partial charge >= 0.3 is 0 Å². The summed E-state index contributed by atoms with van der Waals surface area (Å²) >= 11 is 0. The number of nitrogens with zero attached hydrogens (tertiary/aromatic N) is 4. The maximum atomic E-state index is 12.7. The topological polar surface area (TPSA) is 113 Å². The molecule has 4 aromatic rings. The molecular weight excluding hydrogens is 452 g/mol. The van der Waals surface area contributed by atoms with E-state index < -0.39 is 5.91 Å². The molecule has 0 unspecified atom stereocenters. The van der Waals surface area contributed by atoms with E-state index in [-0.39, 0.29) is 29.2 Å². The molecule has 2 aromatic heterocycles. The Labute approximate surface area is 210 Å². The molecule has 2 heterocycles. The second-order valence-electron chi connectivity index (χ2n) is 9.76. The fourth-order valence-corrected chi connectivity index (χ4v) is 3.94. The number of pyridine rings is 1. The second kappa shape index (κ2) is 9.62. The molecule has 0 aliphatic heterocycles. The van der Waals surface area contributed by atoms with Crippen molar-refractivity contribution in [2.45, 2.75) is 40.0 Å². The zero-order valence-corrected chi connectivity index (χ0v) is 21.0. The lowest BCUT2D eigenvalue weighted by atomic mass is 9.87. The molecule has 0 radical (unpaired) electrons. The molecule has 2 aromatic carbocycles. The van der Waals surface area contributed by atoms with Gasteiger partial charge in [-0.15, -0.1) is 0 Å². The Morgan fingerprint density at radius 2 is 1.78 bits per heavy atom. The van der Waals surface area contributed by atoms with Gasteiger partial charge in [-0.3, -0.25) is 9.59 Å². The molecule has 2 amide bonds. The first kappa shape index (κ1) is 24.6. The number of aryl methyl sites for hydroxylation is 2. The summed E-state index contributed by atoms with van der Waals surface area (Å²) in [6.45, 7) is 9.99. The number of aromatic nitrogens is 3. The van der Waals surface area contributed by atoms with E-state index in [1.54, 1.807) is 12.1 Å². The molecule has 0 aliphatic rings. The van der Waals surface area contributed by atoms with Crippen molar-refractivity contribution in [3.63, 3.8) is 0 Å². The van der Waals surface area contributed by atoms with Crippen LogP contribution in [0, 0.1) is 25.2 Å². The molecule has 0 saturated carbocycles. The van der Waals surface area contributed by atoms with Crippen LogP contribution in [0.4, 0.5) is 5.82 Å². The Bertz CT molecular complexity index is 1500. The number of benzene rings is 2. The molecule has 8 nitrogen and oxygen atoms in total. The van der Waals surface area contributed by atoms with Crippen LogP contribution < -0.4 is 10.6 Å². The van der Waals surface area contributed by atoms with Crippen molar-refractivity contribution in [2.24, 2.45) is 0 Å². The van der Waals surface area contributed by atoms with Crippen molar-refractivity contribution in [3.8, 4) is 11.9 Å². The van der Waals surface area contributed by atoms with Gasteiger partial charge in [0.15, 0.2) is 11.6 Å². The smallest absolute Gasteiger partial charge is 0.251 e. The lowest BCUT2D eigenvalue weighted by Gasteiger charge is -2.19. The van der Waals surface area contributed by atoms with Gasteiger partial charge < -0.3 is 10.6 Å². The standard InChI is InChI=1S/C28H28N6O2/c1-17-7-6-8-22-18(2)13-23(32-25(17)22)34-26(20(14-29)15-31-34)33-24(35)16-30-27(36)19-9-11-21(12-10-19)28(3,4)5/h6-13,15H,16H2,1-5H3,(H,30,36)(H,33,35). The minimum atomic E-state index is -0.485. The fraction of sp³-hybridized carbons (Fsp3) is 0.250. The summed E-state index contributed by atoms with van der Waals surface area (Å²) < 4.78 is 1.43. The van der Waals surface area contributed by atoms with Crippen LogP contribution in [0.15, 0.2) is 54.7 Å². The summed E-state index contributed by atoms with van der Waals surface area (Å²) in [5.74, 6) is -0.163. The molecule has 0 spiro atoms. The van der Waals surface area contributed by atoms with E-state index in [1.165, 1.54) is 10.9 Å². The van der Waals surface area contributed by atoms with E-state index in [1.807, 2.05) is 56.3 Å². The zero-order valence-electron chi connectivity index (χ0n) is 21.0. The highest BCUT2D eigenvalue weighted by Gasteiger charge is 2.19. The largest absolute Gasteiger partial charge is 0.343 e. The van der Waals surface area contributed by atoms with E-state index in [4.69, 9.17) is 4.98 Å². The normalized spacial score (nSPS) is 11.2. The first-order valence-corrected chi connectivity index (χ1v) is 11.6. The van der Waals surface area contributed by atoms with Crippen molar-refractivity contribution >= 4 is 28.5 Å². The van der Waals surface area contributed by atoms with Crippen molar-refractivity contribution in [2.75, 3.05) is 11.9 Å². The van der Waals surface area contributed by atoms with E-state index in [0.29, 0.717) is 11.4 Å². The van der Waals surface area contributed by atoms with Gasteiger partial charge in [-0.1, -0.05) is 51.1 Å². The van der Waals surface area contributed by atoms with Gasteiger partial charge in [0.25, 0.3) is 5.91 Å². The van der Waals surface area contributed by atoms with Gasteiger partial charge in [0, 0.05) is 10.9 Å². The molecule has 0 atom stereocenters. The third-order valence-corrected chi connectivity index (χ3v) is 6.02. The lowest BCUT2D eigenvalue weighted by molar-refractivity contribution is -0.115. The van der Waals surface area contributed by atoms with Gasteiger partial charge in [0.1, 0.15) is 11.6 Å². The quantitative estimate of drug-likeness (QED) is 0.434. The number of hydrogen-bond acceptors (Lipinski definition) is 5. The number of rotatable bonds is 5. The minimum absolute atomic E-state index is 0.0204. The predicted molar refractivity (Wildman–Crippen MR) is 139 cm³/mol. The van der Waals surface area contributed by atoms with Crippen LogP contribution in [0.3, 0.4) is 0 Å². The van der Waals surface area contributed by atoms with Gasteiger partial charge in [-0.2, -0.15) is 15.0 Å². The third kappa shape index (κ3) is 4.96. The number of amides is 2. The van der Waals surface area contributed by atoms with Crippen LogP contribution in [0.2, 0.25) is 0 Å². The van der Waals surface area contributed by atoms with Crippen LogP contribution in [0.5, 0.6) is 0 Å². The molecule has 0 bridgehead atoms. The first-order chi connectivity index (χ1) is 17.1. The van der Waals surface area contributed by atoms with E-state index in [9.17, 15) is 14.9 Å². The molecule has 0 saturated heterocycles. The zero-order chi connectivity index (χ0) is 26.0. The van der Waals surface area contributed by atoms with E-state index in [0.717, 1.165) is 27.6 Å². The Morgan fingerprint density at radius 3 is 2.44 bits per heavy atom. The molecule has 182 valence electrons. The summed E-state index contributed by atoms with van der Waals surface area (Å²) in [5, 5.41) is 20.2. The van der Waals surface area contributed by atoms with Crippen LogP contribution in [-0.4, -0.2) is 33.1 Å². The number of nitrogens with one attached hydrogen (secondary N) is 2. The number of anilines is 1. The summed E-state index contributed by atoms with van der Waals surface area (Å²) in [5.41, 5.74) is 4.57. The number of carbonyl (C=O) groups excluding carboxylic acids is 2. The Hall–Kier alpha value is -4.51. The summed E-state index contributed by atoms with van der Waals surface area (Å²) in [6.07, 6.45) is 1.38. The summed E-state index contributed by atoms with van der Waals surface area (Å²) in [4.78, 5) is 30.0. The van der Waals surface area contributed by atoms with Crippen LogP contribution in [-0.2, 0) is 10.2 Å². The van der Waals surface area contributed by atoms with Crippen LogP contribution >= 0.6 is 0 Å². The number of nitriles is 1. The number of hydrogen-bond donors (Lipinski definition) is 2.